The monoisotopic (exact) mass is 393 g/mol. The van der Waals surface area contributed by atoms with Gasteiger partial charge in [-0.3, -0.25) is 4.79 Å². The van der Waals surface area contributed by atoms with Crippen LogP contribution in [0.4, 0.5) is 0 Å². The minimum absolute atomic E-state index is 0.0134. The molecule has 0 heterocycles. The zero-order chi connectivity index (χ0) is 19.1. The van der Waals surface area contributed by atoms with Gasteiger partial charge in [-0.2, -0.15) is 0 Å². The van der Waals surface area contributed by atoms with Crippen molar-refractivity contribution >= 4 is 29.3 Å². The third-order valence-corrected chi connectivity index (χ3v) is 5.41. The fourth-order valence-electron chi connectivity index (χ4n) is 2.62. The van der Waals surface area contributed by atoms with E-state index in [1.165, 1.54) is 0 Å². The fraction of sp³-hybridized carbons (Fsp3) is 0.350. The Morgan fingerprint density at radius 3 is 2.50 bits per heavy atom. The first-order valence-corrected chi connectivity index (χ1v) is 9.82. The quantitative estimate of drug-likeness (QED) is 0.701. The number of hydrogen-bond donors (Lipinski definition) is 1. The summed E-state index contributed by atoms with van der Waals surface area (Å²) in [5.41, 5.74) is 3.16. The molecule has 0 spiro atoms. The van der Waals surface area contributed by atoms with Crippen LogP contribution in [0.25, 0.3) is 0 Å². The van der Waals surface area contributed by atoms with Gasteiger partial charge < -0.3 is 14.8 Å². The van der Waals surface area contributed by atoms with Gasteiger partial charge in [0, 0.05) is 10.8 Å². The molecule has 2 rings (SSSR count). The molecule has 0 fully saturated rings. The van der Waals surface area contributed by atoms with Gasteiger partial charge in [0.05, 0.1) is 26.0 Å². The molecule has 0 aliphatic carbocycles. The Labute approximate surface area is 164 Å². The molecule has 2 aromatic rings. The number of methoxy groups -OCH3 is 2. The molecule has 0 aromatic heterocycles. The van der Waals surface area contributed by atoms with Crippen molar-refractivity contribution in [3.05, 3.63) is 58.1 Å². The van der Waals surface area contributed by atoms with Crippen molar-refractivity contribution in [2.45, 2.75) is 25.6 Å². The van der Waals surface area contributed by atoms with Crippen molar-refractivity contribution < 1.29 is 14.3 Å². The average Bonchev–Trinajstić information content (AvgIpc) is 2.62. The van der Waals surface area contributed by atoms with Crippen molar-refractivity contribution in [2.75, 3.05) is 20.0 Å². The van der Waals surface area contributed by atoms with Crippen LogP contribution in [0.3, 0.4) is 0 Å². The molecule has 0 bridgehead atoms. The first-order valence-electron chi connectivity index (χ1n) is 8.29. The van der Waals surface area contributed by atoms with E-state index in [1.54, 1.807) is 26.0 Å². The third kappa shape index (κ3) is 5.32. The summed E-state index contributed by atoms with van der Waals surface area (Å²) >= 11 is 7.74. The number of amides is 1. The van der Waals surface area contributed by atoms with E-state index < -0.39 is 0 Å². The molecule has 2 aromatic carbocycles. The molecule has 6 heteroatoms. The van der Waals surface area contributed by atoms with Crippen molar-refractivity contribution in [3.63, 3.8) is 0 Å². The lowest BCUT2D eigenvalue weighted by Crippen LogP contribution is -2.28. The molecule has 26 heavy (non-hydrogen) atoms. The van der Waals surface area contributed by atoms with E-state index in [9.17, 15) is 4.79 Å². The number of carbonyl (C=O) groups excluding carboxylic acids is 1. The van der Waals surface area contributed by atoms with Crippen LogP contribution in [0.2, 0.25) is 5.02 Å². The average molecular weight is 394 g/mol. The maximum atomic E-state index is 12.2. The minimum atomic E-state index is -0.125. The first kappa shape index (κ1) is 20.5. The Hall–Kier alpha value is -1.85. The lowest BCUT2D eigenvalue weighted by Gasteiger charge is -2.16. The number of benzene rings is 2. The summed E-state index contributed by atoms with van der Waals surface area (Å²) in [5.74, 6) is 2.50. The number of carbonyl (C=O) groups is 1. The summed E-state index contributed by atoms with van der Waals surface area (Å²) in [6, 6.07) is 11.3. The molecule has 140 valence electrons. The highest BCUT2D eigenvalue weighted by Crippen LogP contribution is 2.32. The van der Waals surface area contributed by atoms with Crippen LogP contribution in [0, 0.1) is 6.92 Å². The van der Waals surface area contributed by atoms with Crippen molar-refractivity contribution in [1.82, 2.24) is 5.32 Å². The summed E-state index contributed by atoms with van der Waals surface area (Å²) in [7, 11) is 3.24. The molecule has 0 radical (unpaired) electrons. The van der Waals surface area contributed by atoms with Gasteiger partial charge in [-0.15, -0.1) is 11.8 Å². The highest BCUT2D eigenvalue weighted by Gasteiger charge is 2.13. The maximum Gasteiger partial charge on any atom is 0.230 e. The molecular formula is C20H24ClNO3S. The summed E-state index contributed by atoms with van der Waals surface area (Å²) in [6.07, 6.45) is 0. The molecule has 1 amide bonds. The smallest absolute Gasteiger partial charge is 0.230 e. The van der Waals surface area contributed by atoms with Crippen LogP contribution >= 0.6 is 23.4 Å². The zero-order valence-electron chi connectivity index (χ0n) is 15.5. The predicted octanol–water partition coefficient (Wildman–Crippen LogP) is 4.78. The summed E-state index contributed by atoms with van der Waals surface area (Å²) in [5, 5.41) is 3.65. The van der Waals surface area contributed by atoms with E-state index in [0.29, 0.717) is 22.3 Å². The number of ether oxygens (including phenoxy) is 2. The lowest BCUT2D eigenvalue weighted by atomic mass is 10.1. The Balaban J connectivity index is 1.89. The Bertz CT molecular complexity index is 767. The van der Waals surface area contributed by atoms with Crippen LogP contribution in [0.5, 0.6) is 11.5 Å². The SMILES string of the molecule is COc1cc(C)c(CSCC(=O)N[C@H](C)c2ccccc2Cl)cc1OC. The summed E-state index contributed by atoms with van der Waals surface area (Å²) < 4.78 is 10.6. The second-order valence-electron chi connectivity index (χ2n) is 5.94. The van der Waals surface area contributed by atoms with Crippen molar-refractivity contribution in [1.29, 1.82) is 0 Å². The van der Waals surface area contributed by atoms with Gasteiger partial charge in [-0.05, 0) is 48.7 Å². The highest BCUT2D eigenvalue weighted by atomic mass is 35.5. The molecular weight excluding hydrogens is 370 g/mol. The molecule has 0 saturated heterocycles. The topological polar surface area (TPSA) is 47.6 Å². The van der Waals surface area contributed by atoms with Gasteiger partial charge in [0.1, 0.15) is 0 Å². The van der Waals surface area contributed by atoms with Crippen LogP contribution in [-0.4, -0.2) is 25.9 Å². The van der Waals surface area contributed by atoms with Gasteiger partial charge in [-0.25, -0.2) is 0 Å². The molecule has 0 aliphatic rings. The summed E-state index contributed by atoms with van der Waals surface area (Å²) in [6.45, 7) is 3.96. The van der Waals surface area contributed by atoms with E-state index >= 15 is 0 Å². The zero-order valence-corrected chi connectivity index (χ0v) is 17.0. The third-order valence-electron chi connectivity index (χ3n) is 4.08. The Kier molecular flexibility index (Phi) is 7.66. The van der Waals surface area contributed by atoms with Crippen LogP contribution in [-0.2, 0) is 10.5 Å². The number of halogens is 1. The maximum absolute atomic E-state index is 12.2. The first-order chi connectivity index (χ1) is 12.5. The highest BCUT2D eigenvalue weighted by molar-refractivity contribution is 7.99. The molecule has 0 saturated carbocycles. The molecule has 1 N–H and O–H groups in total. The van der Waals surface area contributed by atoms with E-state index in [0.717, 1.165) is 22.4 Å². The van der Waals surface area contributed by atoms with E-state index in [2.05, 4.69) is 5.32 Å². The summed E-state index contributed by atoms with van der Waals surface area (Å²) in [4.78, 5) is 12.2. The van der Waals surface area contributed by atoms with E-state index in [4.69, 9.17) is 21.1 Å². The fourth-order valence-corrected chi connectivity index (χ4v) is 3.82. The van der Waals surface area contributed by atoms with Gasteiger partial charge in [-0.1, -0.05) is 29.8 Å². The molecule has 4 nitrogen and oxygen atoms in total. The Morgan fingerprint density at radius 1 is 1.19 bits per heavy atom. The van der Waals surface area contributed by atoms with Gasteiger partial charge >= 0.3 is 0 Å². The standard InChI is InChI=1S/C20H24ClNO3S/c1-13-9-18(24-3)19(25-4)10-15(13)11-26-12-20(23)22-14(2)16-7-5-6-8-17(16)21/h5-10,14H,11-12H2,1-4H3,(H,22,23)/t14-/m1/s1. The number of hydrogen-bond acceptors (Lipinski definition) is 4. The predicted molar refractivity (Wildman–Crippen MR) is 108 cm³/mol. The van der Waals surface area contributed by atoms with Crippen molar-refractivity contribution in [3.8, 4) is 11.5 Å². The number of thioether (sulfide) groups is 1. The molecule has 0 unspecified atom stereocenters. The largest absolute Gasteiger partial charge is 0.493 e. The van der Waals surface area contributed by atoms with E-state index in [1.807, 2.05) is 50.2 Å². The van der Waals surface area contributed by atoms with E-state index in [-0.39, 0.29) is 11.9 Å². The van der Waals surface area contributed by atoms with Gasteiger partial charge in [0.25, 0.3) is 0 Å². The molecule has 0 aliphatic heterocycles. The lowest BCUT2D eigenvalue weighted by molar-refractivity contribution is -0.119. The minimum Gasteiger partial charge on any atom is -0.493 e. The van der Waals surface area contributed by atoms with Crippen molar-refractivity contribution in [2.24, 2.45) is 0 Å². The van der Waals surface area contributed by atoms with Crippen LogP contribution in [0.1, 0.15) is 29.7 Å². The van der Waals surface area contributed by atoms with Gasteiger partial charge in [0.15, 0.2) is 11.5 Å². The second-order valence-corrected chi connectivity index (χ2v) is 7.33. The Morgan fingerprint density at radius 2 is 1.85 bits per heavy atom. The molecule has 1 atom stereocenters. The number of nitrogens with one attached hydrogen (secondary N) is 1. The normalized spacial score (nSPS) is 11.7. The van der Waals surface area contributed by atoms with Gasteiger partial charge in [0.2, 0.25) is 5.91 Å². The van der Waals surface area contributed by atoms with Crippen LogP contribution < -0.4 is 14.8 Å². The second kappa shape index (κ2) is 9.74. The number of rotatable bonds is 8. The number of aryl methyl sites for hydroxylation is 1. The van der Waals surface area contributed by atoms with Crippen LogP contribution in [0.15, 0.2) is 36.4 Å².